The Morgan fingerprint density at radius 1 is 1.04 bits per heavy atom. The minimum atomic E-state index is -2.26. The molecular formula is C20H28O5. The Balaban J connectivity index is 1.89. The number of ketones is 2. The highest BCUT2D eigenvalue weighted by atomic mass is 16.6. The van der Waals surface area contributed by atoms with Gasteiger partial charge in [-0.25, -0.2) is 0 Å². The van der Waals surface area contributed by atoms with Crippen LogP contribution < -0.4 is 0 Å². The zero-order valence-corrected chi connectivity index (χ0v) is 15.4. The van der Waals surface area contributed by atoms with Crippen molar-refractivity contribution in [1.82, 2.24) is 0 Å². The summed E-state index contributed by atoms with van der Waals surface area (Å²) in [5.74, 6) is -3.99. The van der Waals surface area contributed by atoms with E-state index in [1.54, 1.807) is 0 Å². The molecule has 0 aromatic rings. The molecule has 4 aliphatic carbocycles. The second-order valence-corrected chi connectivity index (χ2v) is 10.2. The molecule has 1 spiro atoms. The van der Waals surface area contributed by atoms with Crippen LogP contribution in [0.1, 0.15) is 47.0 Å². The Hall–Kier alpha value is -0.780. The summed E-state index contributed by atoms with van der Waals surface area (Å²) >= 11 is 0. The number of ether oxygens (including phenoxy) is 1. The van der Waals surface area contributed by atoms with Gasteiger partial charge in [-0.2, -0.15) is 0 Å². The summed E-state index contributed by atoms with van der Waals surface area (Å²) in [6, 6.07) is 0. The molecule has 0 aromatic carbocycles. The van der Waals surface area contributed by atoms with Crippen LogP contribution in [0.2, 0.25) is 0 Å². The maximum Gasteiger partial charge on any atom is 0.258 e. The van der Waals surface area contributed by atoms with Crippen LogP contribution in [-0.2, 0) is 14.3 Å². The number of carbonyl (C=O) groups is 2. The van der Waals surface area contributed by atoms with E-state index in [1.165, 1.54) is 0 Å². The molecule has 5 nitrogen and oxygen atoms in total. The predicted molar refractivity (Wildman–Crippen MR) is 88.2 cm³/mol. The number of fused-ring (bicyclic) bond motifs is 3. The van der Waals surface area contributed by atoms with Crippen LogP contribution in [0.4, 0.5) is 0 Å². The largest absolute Gasteiger partial charge is 0.382 e. The van der Waals surface area contributed by atoms with Gasteiger partial charge < -0.3 is 14.9 Å². The second kappa shape index (κ2) is 4.20. The molecule has 1 aliphatic heterocycles. The third-order valence-corrected chi connectivity index (χ3v) is 8.91. The number of aliphatic hydroxyl groups is 2. The molecule has 5 rings (SSSR count). The smallest absolute Gasteiger partial charge is 0.258 e. The number of carbonyl (C=O) groups excluding carboxylic acids is 2. The highest BCUT2D eigenvalue weighted by Gasteiger charge is 2.89. The van der Waals surface area contributed by atoms with Gasteiger partial charge in [-0.3, -0.25) is 9.59 Å². The lowest BCUT2D eigenvalue weighted by Gasteiger charge is -2.62. The maximum atomic E-state index is 13.7. The van der Waals surface area contributed by atoms with Crippen molar-refractivity contribution in [3.8, 4) is 0 Å². The summed E-state index contributed by atoms with van der Waals surface area (Å²) < 4.78 is 5.84. The maximum absolute atomic E-state index is 13.7. The lowest BCUT2D eigenvalue weighted by atomic mass is 9.46. The second-order valence-electron chi connectivity index (χ2n) is 10.2. The van der Waals surface area contributed by atoms with E-state index in [2.05, 4.69) is 6.92 Å². The number of hydrogen-bond donors (Lipinski definition) is 2. The topological polar surface area (TPSA) is 83.8 Å². The van der Waals surface area contributed by atoms with Crippen molar-refractivity contribution < 1.29 is 24.5 Å². The summed E-state index contributed by atoms with van der Waals surface area (Å²) in [6.45, 7) is 8.27. The highest BCUT2D eigenvalue weighted by Crippen LogP contribution is 2.77. The van der Waals surface area contributed by atoms with Gasteiger partial charge in [0.15, 0.2) is 5.78 Å². The van der Waals surface area contributed by atoms with Gasteiger partial charge in [0.05, 0.1) is 17.9 Å². The molecule has 25 heavy (non-hydrogen) atoms. The Labute approximate surface area is 148 Å². The van der Waals surface area contributed by atoms with Gasteiger partial charge >= 0.3 is 0 Å². The Bertz CT molecular complexity index is 700. The highest BCUT2D eigenvalue weighted by molar-refractivity contribution is 6.15. The van der Waals surface area contributed by atoms with Crippen LogP contribution in [0.5, 0.6) is 0 Å². The van der Waals surface area contributed by atoms with Crippen LogP contribution >= 0.6 is 0 Å². The normalized spacial score (nSPS) is 61.4. The molecule has 1 saturated heterocycles. The van der Waals surface area contributed by atoms with Crippen molar-refractivity contribution >= 4 is 11.6 Å². The van der Waals surface area contributed by atoms with Gasteiger partial charge in [0, 0.05) is 0 Å². The van der Waals surface area contributed by atoms with E-state index >= 15 is 0 Å². The first-order valence-corrected chi connectivity index (χ1v) is 9.72. The average Bonchev–Trinajstić information content (AvgIpc) is 2.93. The SMILES string of the molecule is C[C@H]1C[C@H]2[C@H]3[C@@H]4C(=O)[C@@]25[C@@H]1CC[C@H](C)[C@@]5(O)[C@@](O)(OCC3(C)C)C4=O. The number of Topliss-reactive ketones (excluding diaryl/α,β-unsaturated/α-hetero) is 2. The molecule has 1 heterocycles. The van der Waals surface area contributed by atoms with Crippen molar-refractivity contribution in [2.45, 2.75) is 58.3 Å². The van der Waals surface area contributed by atoms with Gasteiger partial charge in [0.1, 0.15) is 5.60 Å². The Morgan fingerprint density at radius 3 is 2.40 bits per heavy atom. The summed E-state index contributed by atoms with van der Waals surface area (Å²) in [7, 11) is 0. The van der Waals surface area contributed by atoms with Gasteiger partial charge in [-0.1, -0.05) is 27.7 Å². The van der Waals surface area contributed by atoms with Crippen LogP contribution in [-0.4, -0.2) is 39.8 Å². The molecular weight excluding hydrogens is 320 g/mol. The summed E-state index contributed by atoms with van der Waals surface area (Å²) in [4.78, 5) is 27.0. The molecule has 5 aliphatic rings. The molecule has 138 valence electrons. The van der Waals surface area contributed by atoms with E-state index < -0.39 is 28.5 Å². The van der Waals surface area contributed by atoms with Gasteiger partial charge in [0.25, 0.3) is 5.79 Å². The van der Waals surface area contributed by atoms with Gasteiger partial charge in [0.2, 0.25) is 5.78 Å². The average molecular weight is 348 g/mol. The number of hydrogen-bond acceptors (Lipinski definition) is 5. The molecule has 4 saturated carbocycles. The van der Waals surface area contributed by atoms with Crippen LogP contribution in [0.3, 0.4) is 0 Å². The van der Waals surface area contributed by atoms with Crippen molar-refractivity contribution in [3.63, 3.8) is 0 Å². The van der Waals surface area contributed by atoms with E-state index in [0.29, 0.717) is 12.3 Å². The molecule has 0 radical (unpaired) electrons. The molecule has 2 N–H and O–H groups in total. The van der Waals surface area contributed by atoms with Crippen LogP contribution in [0.15, 0.2) is 0 Å². The molecule has 0 aromatic heterocycles. The molecule has 5 heteroatoms. The summed E-state index contributed by atoms with van der Waals surface area (Å²) in [6.07, 6.45) is 2.42. The fraction of sp³-hybridized carbons (Fsp3) is 0.900. The van der Waals surface area contributed by atoms with Crippen molar-refractivity contribution in [1.29, 1.82) is 0 Å². The van der Waals surface area contributed by atoms with Crippen molar-refractivity contribution in [2.24, 2.45) is 46.3 Å². The first kappa shape index (κ1) is 16.4. The first-order chi connectivity index (χ1) is 11.5. The lowest BCUT2D eigenvalue weighted by molar-refractivity contribution is -0.350. The fourth-order valence-electron chi connectivity index (χ4n) is 8.09. The van der Waals surface area contributed by atoms with E-state index in [9.17, 15) is 19.8 Å². The van der Waals surface area contributed by atoms with Gasteiger partial charge in [-0.05, 0) is 54.3 Å². The minimum absolute atomic E-state index is 0.0239. The number of rotatable bonds is 0. The Morgan fingerprint density at radius 2 is 1.72 bits per heavy atom. The molecule has 3 bridgehead atoms. The molecule has 5 fully saturated rings. The Kier molecular flexibility index (Phi) is 2.76. The van der Waals surface area contributed by atoms with E-state index in [-0.39, 0.29) is 41.5 Å². The predicted octanol–water partition coefficient (Wildman–Crippen LogP) is 1.55. The third kappa shape index (κ3) is 1.31. The van der Waals surface area contributed by atoms with Crippen molar-refractivity contribution in [2.75, 3.05) is 6.61 Å². The summed E-state index contributed by atoms with van der Waals surface area (Å²) in [5, 5.41) is 23.5. The monoisotopic (exact) mass is 348 g/mol. The van der Waals surface area contributed by atoms with E-state index in [4.69, 9.17) is 4.74 Å². The molecule has 0 unspecified atom stereocenters. The third-order valence-electron chi connectivity index (χ3n) is 8.91. The first-order valence-electron chi connectivity index (χ1n) is 9.72. The zero-order valence-electron chi connectivity index (χ0n) is 15.4. The zero-order chi connectivity index (χ0) is 18.2. The fourth-order valence-corrected chi connectivity index (χ4v) is 8.09. The quantitative estimate of drug-likeness (QED) is 0.649. The van der Waals surface area contributed by atoms with Crippen molar-refractivity contribution in [3.05, 3.63) is 0 Å². The molecule has 0 amide bonds. The van der Waals surface area contributed by atoms with Crippen LogP contribution in [0.25, 0.3) is 0 Å². The standard InChI is InChI=1S/C20H28O5/c1-9-7-12-14-13-15(21)18(12)11(9)6-5-10(2)19(18,23)20(24,16(13)22)25-8-17(14,3)4/h9-14,23-24H,5-8H2,1-4H3/t9-,10-,11+,12-,13+,14-,18+,19-,20-/m0/s1. The van der Waals surface area contributed by atoms with Gasteiger partial charge in [-0.15, -0.1) is 0 Å². The van der Waals surface area contributed by atoms with Crippen LogP contribution in [0, 0.1) is 46.3 Å². The van der Waals surface area contributed by atoms with E-state index in [1.807, 2.05) is 20.8 Å². The minimum Gasteiger partial charge on any atom is -0.382 e. The molecule has 9 atom stereocenters. The van der Waals surface area contributed by atoms with E-state index in [0.717, 1.165) is 12.8 Å². The lowest BCUT2D eigenvalue weighted by Crippen LogP contribution is -2.79. The summed E-state index contributed by atoms with van der Waals surface area (Å²) in [5.41, 5.74) is -3.22.